The maximum absolute atomic E-state index is 13.9. The molecule has 4 aliphatic rings. The van der Waals surface area contributed by atoms with Crippen LogP contribution in [-0.4, -0.2) is 18.9 Å². The highest BCUT2D eigenvalue weighted by atomic mass is 16.5. The first kappa shape index (κ1) is 20.2. The molecule has 3 aliphatic carbocycles. The van der Waals surface area contributed by atoms with E-state index in [9.17, 15) is 9.59 Å². The Morgan fingerprint density at radius 3 is 1.97 bits per heavy atom. The maximum atomic E-state index is 13.9. The summed E-state index contributed by atoms with van der Waals surface area (Å²) >= 11 is 0. The molecular formula is C29H27NO3. The summed E-state index contributed by atoms with van der Waals surface area (Å²) < 4.78 is 5.26. The van der Waals surface area contributed by atoms with Crippen LogP contribution in [0.25, 0.3) is 0 Å². The van der Waals surface area contributed by atoms with Crippen molar-refractivity contribution < 1.29 is 14.3 Å². The Morgan fingerprint density at radius 2 is 1.39 bits per heavy atom. The fourth-order valence-electron chi connectivity index (χ4n) is 6.27. The molecule has 1 heterocycles. The summed E-state index contributed by atoms with van der Waals surface area (Å²) in [5, 5.41) is 0. The van der Waals surface area contributed by atoms with Crippen molar-refractivity contribution >= 4 is 17.5 Å². The molecule has 4 heteroatoms. The molecule has 0 spiro atoms. The van der Waals surface area contributed by atoms with Crippen LogP contribution in [0.3, 0.4) is 0 Å². The number of nitrogens with zero attached hydrogens (tertiary/aromatic N) is 1. The van der Waals surface area contributed by atoms with Gasteiger partial charge in [-0.15, -0.1) is 0 Å². The van der Waals surface area contributed by atoms with E-state index < -0.39 is 0 Å². The van der Waals surface area contributed by atoms with Gasteiger partial charge in [0.05, 0.1) is 24.6 Å². The number of benzene rings is 3. The van der Waals surface area contributed by atoms with Gasteiger partial charge in [-0.05, 0) is 64.4 Å². The van der Waals surface area contributed by atoms with E-state index in [0.29, 0.717) is 17.4 Å². The third-order valence-electron chi connectivity index (χ3n) is 8.08. The monoisotopic (exact) mass is 437 g/mol. The number of carbonyl (C=O) groups excluding carboxylic acids is 2. The third-order valence-corrected chi connectivity index (χ3v) is 8.08. The summed E-state index contributed by atoms with van der Waals surface area (Å²) in [6.07, 6.45) is 1.07. The van der Waals surface area contributed by atoms with Gasteiger partial charge in [0.25, 0.3) is 0 Å². The van der Waals surface area contributed by atoms with Gasteiger partial charge in [0.15, 0.2) is 0 Å². The topological polar surface area (TPSA) is 46.6 Å². The van der Waals surface area contributed by atoms with Crippen molar-refractivity contribution in [1.29, 1.82) is 0 Å². The molecule has 5 atom stereocenters. The first-order chi connectivity index (χ1) is 16.0. The van der Waals surface area contributed by atoms with Crippen LogP contribution in [0.5, 0.6) is 5.75 Å². The molecule has 0 radical (unpaired) electrons. The average molecular weight is 438 g/mol. The molecule has 2 amide bonds. The zero-order valence-electron chi connectivity index (χ0n) is 19.1. The van der Waals surface area contributed by atoms with Crippen LogP contribution in [0, 0.1) is 11.8 Å². The number of hydrogen-bond acceptors (Lipinski definition) is 3. The van der Waals surface area contributed by atoms with E-state index in [1.54, 1.807) is 31.4 Å². The molecule has 4 nitrogen and oxygen atoms in total. The first-order valence-electron chi connectivity index (χ1n) is 11.8. The Bertz CT molecular complexity index is 1280. The van der Waals surface area contributed by atoms with Gasteiger partial charge in [0, 0.05) is 11.8 Å². The number of ether oxygens (including phenoxy) is 1. The van der Waals surface area contributed by atoms with E-state index in [1.807, 2.05) is 6.07 Å². The van der Waals surface area contributed by atoms with Crippen molar-refractivity contribution in [3.8, 4) is 5.75 Å². The second-order valence-corrected chi connectivity index (χ2v) is 9.54. The van der Waals surface area contributed by atoms with Crippen LogP contribution in [0.1, 0.15) is 65.8 Å². The lowest BCUT2D eigenvalue weighted by Crippen LogP contribution is -2.41. The number of carbonyl (C=O) groups is 2. The number of hydrogen-bond donors (Lipinski definition) is 0. The van der Waals surface area contributed by atoms with Crippen molar-refractivity contribution in [1.82, 2.24) is 0 Å². The summed E-state index contributed by atoms with van der Waals surface area (Å²) in [5.74, 6) is 0.0919. The standard InChI is InChI=1S/C29H27NO3/c1-4-16(2)17-9-14-22-23(15-17)25-21-8-6-5-7-20(21)24(22)26-27(25)29(32)30(28(26)31)18-10-12-19(33-3)13-11-18/h5-16,24-27H,4H2,1-3H3. The highest BCUT2D eigenvalue weighted by molar-refractivity contribution is 6.23. The minimum absolute atomic E-state index is 0.0840. The van der Waals surface area contributed by atoms with Crippen LogP contribution >= 0.6 is 0 Å². The van der Waals surface area contributed by atoms with Gasteiger partial charge in [0.2, 0.25) is 11.8 Å². The van der Waals surface area contributed by atoms with Crippen LogP contribution in [0.4, 0.5) is 5.69 Å². The smallest absolute Gasteiger partial charge is 0.238 e. The number of rotatable bonds is 4. The Kier molecular flexibility index (Phi) is 4.48. The lowest BCUT2D eigenvalue weighted by molar-refractivity contribution is -0.122. The van der Waals surface area contributed by atoms with Crippen molar-refractivity contribution in [3.05, 3.63) is 94.5 Å². The van der Waals surface area contributed by atoms with Crippen LogP contribution in [-0.2, 0) is 9.59 Å². The lowest BCUT2D eigenvalue weighted by Gasteiger charge is -2.46. The van der Waals surface area contributed by atoms with Gasteiger partial charge in [-0.3, -0.25) is 9.59 Å². The number of imide groups is 1. The van der Waals surface area contributed by atoms with Crippen molar-refractivity contribution in [3.63, 3.8) is 0 Å². The highest BCUT2D eigenvalue weighted by Gasteiger charge is 2.61. The van der Waals surface area contributed by atoms with E-state index in [2.05, 4.69) is 50.2 Å². The third kappa shape index (κ3) is 2.70. The number of anilines is 1. The Balaban J connectivity index is 1.51. The highest BCUT2D eigenvalue weighted by Crippen LogP contribution is 2.61. The van der Waals surface area contributed by atoms with E-state index in [1.165, 1.54) is 32.7 Å². The van der Waals surface area contributed by atoms with Crippen LogP contribution in [0.2, 0.25) is 0 Å². The summed E-state index contributed by atoms with van der Waals surface area (Å²) in [7, 11) is 1.61. The molecule has 33 heavy (non-hydrogen) atoms. The molecule has 3 aromatic rings. The fraction of sp³-hybridized carbons (Fsp3) is 0.310. The van der Waals surface area contributed by atoms with Crippen molar-refractivity contribution in [2.75, 3.05) is 12.0 Å². The number of methoxy groups -OCH3 is 1. The largest absolute Gasteiger partial charge is 0.497 e. The SMILES string of the molecule is CCC(C)c1ccc2c(c1)C1c3ccccc3C2C2C(=O)N(c3ccc(OC)cc3)C(=O)C12. The molecular weight excluding hydrogens is 410 g/mol. The Morgan fingerprint density at radius 1 is 0.818 bits per heavy atom. The Hall–Kier alpha value is -3.40. The fourth-order valence-corrected chi connectivity index (χ4v) is 6.27. The van der Waals surface area contributed by atoms with Gasteiger partial charge in [-0.1, -0.05) is 56.3 Å². The predicted octanol–water partition coefficient (Wildman–Crippen LogP) is 5.61. The van der Waals surface area contributed by atoms with Gasteiger partial charge >= 0.3 is 0 Å². The lowest BCUT2D eigenvalue weighted by atomic mass is 9.54. The van der Waals surface area contributed by atoms with E-state index >= 15 is 0 Å². The second kappa shape index (κ2) is 7.31. The van der Waals surface area contributed by atoms with E-state index in [4.69, 9.17) is 4.74 Å². The molecule has 2 bridgehead atoms. The van der Waals surface area contributed by atoms with Crippen LogP contribution in [0.15, 0.2) is 66.7 Å². The van der Waals surface area contributed by atoms with Crippen LogP contribution < -0.4 is 9.64 Å². The second-order valence-electron chi connectivity index (χ2n) is 9.54. The average Bonchev–Trinajstić information content (AvgIpc) is 3.13. The molecule has 5 unspecified atom stereocenters. The van der Waals surface area contributed by atoms with Crippen molar-refractivity contribution in [2.24, 2.45) is 11.8 Å². The summed E-state index contributed by atoms with van der Waals surface area (Å²) in [6, 6.07) is 22.3. The van der Waals surface area contributed by atoms with Gasteiger partial charge in [-0.2, -0.15) is 0 Å². The zero-order chi connectivity index (χ0) is 22.9. The molecule has 1 aliphatic heterocycles. The molecule has 7 rings (SSSR count). The zero-order valence-corrected chi connectivity index (χ0v) is 19.1. The quantitative estimate of drug-likeness (QED) is 0.499. The molecule has 0 aromatic heterocycles. The normalized spacial score (nSPS) is 25.5. The van der Waals surface area contributed by atoms with Gasteiger partial charge in [0.1, 0.15) is 5.75 Å². The minimum Gasteiger partial charge on any atom is -0.497 e. The van der Waals surface area contributed by atoms with E-state index in [0.717, 1.165) is 6.42 Å². The minimum atomic E-state index is -0.362. The molecule has 166 valence electrons. The molecule has 1 saturated heterocycles. The number of amides is 2. The molecule has 3 aromatic carbocycles. The summed E-state index contributed by atoms with van der Waals surface area (Å²) in [6.45, 7) is 4.45. The van der Waals surface area contributed by atoms with Crippen molar-refractivity contribution in [2.45, 2.75) is 38.0 Å². The predicted molar refractivity (Wildman–Crippen MR) is 128 cm³/mol. The van der Waals surface area contributed by atoms with Gasteiger partial charge < -0.3 is 4.74 Å². The molecule has 1 fully saturated rings. The molecule has 0 N–H and O–H groups in total. The summed E-state index contributed by atoms with van der Waals surface area (Å²) in [5.41, 5.74) is 6.77. The molecule has 0 saturated carbocycles. The first-order valence-corrected chi connectivity index (χ1v) is 11.8. The maximum Gasteiger partial charge on any atom is 0.238 e. The van der Waals surface area contributed by atoms with Gasteiger partial charge in [-0.25, -0.2) is 4.90 Å². The Labute approximate surface area is 194 Å². The summed E-state index contributed by atoms with van der Waals surface area (Å²) in [4.78, 5) is 29.1. The van der Waals surface area contributed by atoms with E-state index in [-0.39, 0.29) is 35.5 Å².